The zero-order valence-corrected chi connectivity index (χ0v) is 17.3. The van der Waals surface area contributed by atoms with Gasteiger partial charge in [-0.05, 0) is 48.7 Å². The van der Waals surface area contributed by atoms with Crippen LogP contribution in [0.5, 0.6) is 11.6 Å². The molecule has 0 bridgehead atoms. The minimum absolute atomic E-state index is 0.132. The molecule has 0 spiro atoms. The second-order valence-corrected chi connectivity index (χ2v) is 8.02. The molecular weight excluding hydrogens is 386 g/mol. The predicted molar refractivity (Wildman–Crippen MR) is 114 cm³/mol. The molecule has 1 aliphatic rings. The SMILES string of the molecule is Cc1c(C)c(SCC(=O)Nc2ccccn2)n(Cc2ccc3c(c2)CCO3)c1O. The average Bonchev–Trinajstić information content (AvgIpc) is 3.27. The highest BCUT2D eigenvalue weighted by Crippen LogP contribution is 2.35. The first-order chi connectivity index (χ1) is 14.0. The van der Waals surface area contributed by atoms with Crippen molar-refractivity contribution in [1.82, 2.24) is 9.55 Å². The Morgan fingerprint density at radius 3 is 2.93 bits per heavy atom. The number of rotatable bonds is 6. The monoisotopic (exact) mass is 409 g/mol. The van der Waals surface area contributed by atoms with Crippen molar-refractivity contribution in [2.24, 2.45) is 0 Å². The maximum atomic E-state index is 12.3. The van der Waals surface area contributed by atoms with Gasteiger partial charge in [-0.3, -0.25) is 4.79 Å². The van der Waals surface area contributed by atoms with Crippen LogP contribution in [-0.4, -0.2) is 32.9 Å². The van der Waals surface area contributed by atoms with Crippen LogP contribution in [-0.2, 0) is 17.8 Å². The third-order valence-corrected chi connectivity index (χ3v) is 6.29. The zero-order valence-electron chi connectivity index (χ0n) is 16.4. The smallest absolute Gasteiger partial charge is 0.235 e. The van der Waals surface area contributed by atoms with Crippen LogP contribution < -0.4 is 10.1 Å². The van der Waals surface area contributed by atoms with Gasteiger partial charge in [-0.15, -0.1) is 0 Å². The Bertz CT molecular complexity index is 1050. The number of ether oxygens (including phenoxy) is 1. The maximum Gasteiger partial charge on any atom is 0.235 e. The number of benzene rings is 1. The van der Waals surface area contributed by atoms with Gasteiger partial charge in [0.15, 0.2) is 5.88 Å². The summed E-state index contributed by atoms with van der Waals surface area (Å²) in [6.07, 6.45) is 2.55. The van der Waals surface area contributed by atoms with E-state index in [1.54, 1.807) is 18.3 Å². The Labute approximate surface area is 173 Å². The van der Waals surface area contributed by atoms with E-state index in [2.05, 4.69) is 16.4 Å². The maximum absolute atomic E-state index is 12.3. The molecule has 1 aromatic carbocycles. The number of carbonyl (C=O) groups is 1. The molecule has 2 N–H and O–H groups in total. The van der Waals surface area contributed by atoms with Crippen molar-refractivity contribution in [2.45, 2.75) is 31.8 Å². The van der Waals surface area contributed by atoms with Crippen molar-refractivity contribution in [1.29, 1.82) is 0 Å². The van der Waals surface area contributed by atoms with Gasteiger partial charge in [0.25, 0.3) is 0 Å². The predicted octanol–water partition coefficient (Wildman–Crippen LogP) is 3.92. The third kappa shape index (κ3) is 4.10. The fraction of sp³-hybridized carbons (Fsp3) is 0.273. The minimum atomic E-state index is -0.132. The topological polar surface area (TPSA) is 76.4 Å². The number of anilines is 1. The van der Waals surface area contributed by atoms with Gasteiger partial charge in [-0.1, -0.05) is 30.0 Å². The molecule has 150 valence electrons. The lowest BCUT2D eigenvalue weighted by atomic mass is 10.1. The molecule has 29 heavy (non-hydrogen) atoms. The first-order valence-corrected chi connectivity index (χ1v) is 10.5. The Balaban J connectivity index is 1.51. The molecule has 0 atom stereocenters. The van der Waals surface area contributed by atoms with E-state index in [9.17, 15) is 9.90 Å². The molecule has 0 unspecified atom stereocenters. The Morgan fingerprint density at radius 1 is 1.28 bits per heavy atom. The van der Waals surface area contributed by atoms with E-state index >= 15 is 0 Å². The Kier molecular flexibility index (Phi) is 5.49. The van der Waals surface area contributed by atoms with E-state index in [-0.39, 0.29) is 17.5 Å². The van der Waals surface area contributed by atoms with Crippen molar-refractivity contribution in [3.63, 3.8) is 0 Å². The molecule has 6 nitrogen and oxygen atoms in total. The molecule has 3 heterocycles. The second kappa shape index (κ2) is 8.21. The largest absolute Gasteiger partial charge is 0.494 e. The lowest BCUT2D eigenvalue weighted by Gasteiger charge is -2.12. The van der Waals surface area contributed by atoms with Crippen molar-refractivity contribution in [3.8, 4) is 11.6 Å². The van der Waals surface area contributed by atoms with Gasteiger partial charge in [0, 0.05) is 18.2 Å². The molecule has 0 radical (unpaired) electrons. The highest BCUT2D eigenvalue weighted by atomic mass is 32.2. The number of fused-ring (bicyclic) bond motifs is 1. The Morgan fingerprint density at radius 2 is 2.14 bits per heavy atom. The normalized spacial score (nSPS) is 12.5. The zero-order chi connectivity index (χ0) is 20.4. The summed E-state index contributed by atoms with van der Waals surface area (Å²) < 4.78 is 7.45. The summed E-state index contributed by atoms with van der Waals surface area (Å²) in [5.74, 6) is 1.82. The average molecular weight is 410 g/mol. The number of pyridine rings is 1. The van der Waals surface area contributed by atoms with Crippen LogP contribution in [0.15, 0.2) is 47.6 Å². The van der Waals surface area contributed by atoms with Crippen molar-refractivity contribution >= 4 is 23.5 Å². The molecule has 1 aliphatic heterocycles. The summed E-state index contributed by atoms with van der Waals surface area (Å²) in [5.41, 5.74) is 4.12. The summed E-state index contributed by atoms with van der Waals surface area (Å²) in [7, 11) is 0. The first-order valence-electron chi connectivity index (χ1n) is 9.50. The summed E-state index contributed by atoms with van der Waals surface area (Å²) in [5, 5.41) is 14.4. The van der Waals surface area contributed by atoms with E-state index in [4.69, 9.17) is 4.74 Å². The summed E-state index contributed by atoms with van der Waals surface area (Å²) in [6.45, 7) is 5.13. The number of nitrogens with one attached hydrogen (secondary N) is 1. The number of carbonyl (C=O) groups excluding carboxylic acids is 1. The summed E-state index contributed by atoms with van der Waals surface area (Å²) in [6, 6.07) is 11.5. The van der Waals surface area contributed by atoms with Gasteiger partial charge in [0.05, 0.1) is 23.9 Å². The minimum Gasteiger partial charge on any atom is -0.494 e. The molecule has 3 aromatic rings. The molecule has 2 aromatic heterocycles. The van der Waals surface area contributed by atoms with Crippen LogP contribution >= 0.6 is 11.8 Å². The number of aromatic hydroxyl groups is 1. The van der Waals surface area contributed by atoms with Gasteiger partial charge in [0.2, 0.25) is 5.91 Å². The van der Waals surface area contributed by atoms with Gasteiger partial charge in [0.1, 0.15) is 11.6 Å². The quantitative estimate of drug-likeness (QED) is 0.604. The molecule has 1 amide bonds. The molecule has 0 saturated carbocycles. The van der Waals surface area contributed by atoms with Crippen LogP contribution in [0.1, 0.15) is 22.3 Å². The standard InChI is InChI=1S/C22H23N3O3S/c1-14-15(2)22(29-13-20(26)24-19-5-3-4-9-23-19)25(21(14)27)12-16-6-7-18-17(11-16)8-10-28-18/h3-7,9,11,27H,8,10,12-13H2,1-2H3,(H,23,24,26). The molecule has 0 aliphatic carbocycles. The first kappa shape index (κ1) is 19.4. The highest BCUT2D eigenvalue weighted by molar-refractivity contribution is 8.00. The van der Waals surface area contributed by atoms with Crippen LogP contribution in [0.25, 0.3) is 0 Å². The molecule has 4 rings (SSSR count). The van der Waals surface area contributed by atoms with Crippen LogP contribution in [0.4, 0.5) is 5.82 Å². The van der Waals surface area contributed by atoms with Crippen LogP contribution in [0, 0.1) is 13.8 Å². The van der Waals surface area contributed by atoms with Gasteiger partial charge in [-0.2, -0.15) is 0 Å². The molecular formula is C22H23N3O3S. The number of nitrogens with zero attached hydrogens (tertiary/aromatic N) is 2. The lowest BCUT2D eigenvalue weighted by Crippen LogP contribution is -2.15. The van der Waals surface area contributed by atoms with E-state index < -0.39 is 0 Å². The number of hydrogen-bond donors (Lipinski definition) is 2. The van der Waals surface area contributed by atoms with Gasteiger partial charge >= 0.3 is 0 Å². The van der Waals surface area contributed by atoms with E-state index in [1.807, 2.05) is 36.6 Å². The van der Waals surface area contributed by atoms with Crippen LogP contribution in [0.3, 0.4) is 0 Å². The van der Waals surface area contributed by atoms with E-state index in [1.165, 1.54) is 17.3 Å². The Hall–Kier alpha value is -2.93. The summed E-state index contributed by atoms with van der Waals surface area (Å²) >= 11 is 1.42. The lowest BCUT2D eigenvalue weighted by molar-refractivity contribution is -0.113. The molecule has 0 fully saturated rings. The third-order valence-electron chi connectivity index (χ3n) is 5.09. The molecule has 0 saturated heterocycles. The van der Waals surface area contributed by atoms with E-state index in [0.29, 0.717) is 12.4 Å². The number of thioether (sulfide) groups is 1. The van der Waals surface area contributed by atoms with Crippen LogP contribution in [0.2, 0.25) is 0 Å². The number of hydrogen-bond acceptors (Lipinski definition) is 5. The fourth-order valence-electron chi connectivity index (χ4n) is 3.43. The molecule has 7 heteroatoms. The van der Waals surface area contributed by atoms with Crippen molar-refractivity contribution in [3.05, 3.63) is 64.8 Å². The number of aromatic nitrogens is 2. The number of amides is 1. The summed E-state index contributed by atoms with van der Waals surface area (Å²) in [4.78, 5) is 16.4. The van der Waals surface area contributed by atoms with E-state index in [0.717, 1.165) is 40.5 Å². The van der Waals surface area contributed by atoms with Gasteiger partial charge < -0.3 is 19.7 Å². The van der Waals surface area contributed by atoms with Crippen molar-refractivity contribution in [2.75, 3.05) is 17.7 Å². The van der Waals surface area contributed by atoms with Gasteiger partial charge in [-0.25, -0.2) is 4.98 Å². The highest BCUT2D eigenvalue weighted by Gasteiger charge is 2.20. The van der Waals surface area contributed by atoms with Crippen molar-refractivity contribution < 1.29 is 14.6 Å². The second-order valence-electron chi connectivity index (χ2n) is 7.06. The fourth-order valence-corrected chi connectivity index (χ4v) is 4.45.